The lowest BCUT2D eigenvalue weighted by atomic mass is 10.2. The Bertz CT molecular complexity index is 768. The van der Waals surface area contributed by atoms with Crippen LogP contribution in [0.5, 0.6) is 5.75 Å². The van der Waals surface area contributed by atoms with E-state index in [-0.39, 0.29) is 5.69 Å². The minimum atomic E-state index is -0.720. The molecule has 0 bridgehead atoms. The van der Waals surface area contributed by atoms with E-state index in [0.717, 1.165) is 23.8 Å². The molecule has 0 aromatic heterocycles. The fourth-order valence-corrected chi connectivity index (χ4v) is 2.23. The molecule has 0 spiro atoms. The summed E-state index contributed by atoms with van der Waals surface area (Å²) in [6.07, 6.45) is 0. The van der Waals surface area contributed by atoms with Crippen LogP contribution in [0.1, 0.15) is 12.5 Å². The summed E-state index contributed by atoms with van der Waals surface area (Å²) >= 11 is 6.04. The van der Waals surface area contributed by atoms with Crippen molar-refractivity contribution in [2.45, 2.75) is 19.9 Å². The molecule has 2 aromatic rings. The quantitative estimate of drug-likeness (QED) is 0.838. The first-order valence-corrected chi connectivity index (χ1v) is 7.56. The molecule has 0 aliphatic rings. The van der Waals surface area contributed by atoms with E-state index in [1.165, 1.54) is 7.11 Å². The lowest BCUT2D eigenvalue weighted by Crippen LogP contribution is -2.32. The number of amides is 1. The number of aryl methyl sites for hydroxylation is 1. The van der Waals surface area contributed by atoms with Gasteiger partial charge in [-0.05, 0) is 37.6 Å². The molecule has 1 atom stereocenters. The van der Waals surface area contributed by atoms with Gasteiger partial charge in [0, 0.05) is 17.2 Å². The second-order valence-electron chi connectivity index (χ2n) is 5.28. The first kappa shape index (κ1) is 18.0. The van der Waals surface area contributed by atoms with Gasteiger partial charge < -0.3 is 15.4 Å². The van der Waals surface area contributed by atoms with Gasteiger partial charge in [0.2, 0.25) is 5.91 Å². The van der Waals surface area contributed by atoms with Crippen LogP contribution in [-0.4, -0.2) is 19.1 Å². The maximum Gasteiger partial charge on any atom is 0.246 e. The summed E-state index contributed by atoms with van der Waals surface area (Å²) in [5.74, 6) is -1.39. The van der Waals surface area contributed by atoms with E-state index < -0.39 is 23.6 Å². The molecular formula is C17H17ClF2N2O2. The number of carbonyl (C=O) groups excluding carboxylic acids is 1. The van der Waals surface area contributed by atoms with Crippen molar-refractivity contribution in [3.05, 3.63) is 52.6 Å². The van der Waals surface area contributed by atoms with Crippen LogP contribution in [0, 0.1) is 18.6 Å². The van der Waals surface area contributed by atoms with E-state index in [2.05, 4.69) is 10.6 Å². The van der Waals surface area contributed by atoms with Crippen LogP contribution < -0.4 is 15.4 Å². The van der Waals surface area contributed by atoms with Crippen molar-refractivity contribution in [3.63, 3.8) is 0 Å². The molecule has 24 heavy (non-hydrogen) atoms. The van der Waals surface area contributed by atoms with E-state index in [0.29, 0.717) is 16.5 Å². The molecule has 0 aliphatic carbocycles. The average Bonchev–Trinajstić information content (AvgIpc) is 2.54. The zero-order valence-corrected chi connectivity index (χ0v) is 14.2. The highest BCUT2D eigenvalue weighted by molar-refractivity contribution is 6.31. The predicted octanol–water partition coefficient (Wildman–Crippen LogP) is 4.37. The Morgan fingerprint density at radius 2 is 1.92 bits per heavy atom. The van der Waals surface area contributed by atoms with Crippen molar-refractivity contribution in [2.75, 3.05) is 17.7 Å². The van der Waals surface area contributed by atoms with Crippen molar-refractivity contribution in [2.24, 2.45) is 0 Å². The smallest absolute Gasteiger partial charge is 0.246 e. The zero-order valence-electron chi connectivity index (χ0n) is 13.4. The fraction of sp³-hybridized carbons (Fsp3) is 0.235. The second-order valence-corrected chi connectivity index (χ2v) is 5.69. The molecule has 128 valence electrons. The molecule has 0 saturated carbocycles. The van der Waals surface area contributed by atoms with Gasteiger partial charge in [0.1, 0.15) is 23.4 Å². The summed E-state index contributed by atoms with van der Waals surface area (Å²) in [5, 5.41) is 5.86. The molecule has 0 aliphatic heterocycles. The topological polar surface area (TPSA) is 50.4 Å². The first-order valence-electron chi connectivity index (χ1n) is 7.18. The van der Waals surface area contributed by atoms with Gasteiger partial charge in [0.15, 0.2) is 0 Å². The van der Waals surface area contributed by atoms with E-state index in [1.807, 2.05) is 6.92 Å². The van der Waals surface area contributed by atoms with Gasteiger partial charge in [-0.25, -0.2) is 8.78 Å². The molecule has 2 N–H and O–H groups in total. The summed E-state index contributed by atoms with van der Waals surface area (Å²) in [7, 11) is 1.49. The number of nitrogens with one attached hydrogen (secondary N) is 2. The van der Waals surface area contributed by atoms with Gasteiger partial charge in [0.25, 0.3) is 0 Å². The third-order valence-corrected chi connectivity index (χ3v) is 3.84. The number of halogens is 3. The summed E-state index contributed by atoms with van der Waals surface area (Å²) in [5.41, 5.74) is 1.17. The summed E-state index contributed by atoms with van der Waals surface area (Å²) in [6, 6.07) is 5.52. The SMILES string of the molecule is COc1cc(Cl)c(C)cc1NC(C)C(=O)Nc1cc(F)ccc1F. The minimum Gasteiger partial charge on any atom is -0.495 e. The summed E-state index contributed by atoms with van der Waals surface area (Å²) in [4.78, 5) is 12.2. The van der Waals surface area contributed by atoms with Crippen molar-refractivity contribution < 1.29 is 18.3 Å². The Kier molecular flexibility index (Phi) is 5.62. The van der Waals surface area contributed by atoms with E-state index in [9.17, 15) is 13.6 Å². The van der Waals surface area contributed by atoms with Gasteiger partial charge in [-0.15, -0.1) is 0 Å². The largest absolute Gasteiger partial charge is 0.495 e. The van der Waals surface area contributed by atoms with Crippen LogP contribution >= 0.6 is 11.6 Å². The Hall–Kier alpha value is -2.34. The molecule has 2 aromatic carbocycles. The molecule has 0 radical (unpaired) electrons. The normalized spacial score (nSPS) is 11.8. The number of anilines is 2. The van der Waals surface area contributed by atoms with E-state index >= 15 is 0 Å². The summed E-state index contributed by atoms with van der Waals surface area (Å²) < 4.78 is 32.0. The van der Waals surface area contributed by atoms with E-state index in [4.69, 9.17) is 16.3 Å². The molecule has 1 unspecified atom stereocenters. The maximum atomic E-state index is 13.6. The lowest BCUT2D eigenvalue weighted by Gasteiger charge is -2.18. The van der Waals surface area contributed by atoms with Crippen molar-refractivity contribution in [1.82, 2.24) is 0 Å². The minimum absolute atomic E-state index is 0.215. The number of ether oxygens (including phenoxy) is 1. The lowest BCUT2D eigenvalue weighted by molar-refractivity contribution is -0.116. The molecule has 0 heterocycles. The number of hydrogen-bond acceptors (Lipinski definition) is 3. The highest BCUT2D eigenvalue weighted by Gasteiger charge is 2.17. The highest BCUT2D eigenvalue weighted by Crippen LogP contribution is 2.31. The van der Waals surface area contributed by atoms with E-state index in [1.54, 1.807) is 19.1 Å². The number of rotatable bonds is 5. The Morgan fingerprint density at radius 1 is 1.21 bits per heavy atom. The van der Waals surface area contributed by atoms with Gasteiger partial charge >= 0.3 is 0 Å². The molecule has 1 amide bonds. The zero-order chi connectivity index (χ0) is 17.9. The number of methoxy groups -OCH3 is 1. The molecule has 4 nitrogen and oxygen atoms in total. The van der Waals surface area contributed by atoms with Gasteiger partial charge in [-0.2, -0.15) is 0 Å². The molecule has 0 fully saturated rings. The number of hydrogen-bond donors (Lipinski definition) is 2. The predicted molar refractivity (Wildman–Crippen MR) is 90.8 cm³/mol. The van der Waals surface area contributed by atoms with Crippen LogP contribution in [0.2, 0.25) is 5.02 Å². The molecular weight excluding hydrogens is 338 g/mol. The van der Waals surface area contributed by atoms with Crippen LogP contribution in [0.15, 0.2) is 30.3 Å². The van der Waals surface area contributed by atoms with Gasteiger partial charge in [-0.3, -0.25) is 4.79 Å². The van der Waals surface area contributed by atoms with Crippen LogP contribution in [0.25, 0.3) is 0 Å². The Morgan fingerprint density at radius 3 is 2.58 bits per heavy atom. The van der Waals surface area contributed by atoms with Crippen LogP contribution in [0.4, 0.5) is 20.2 Å². The monoisotopic (exact) mass is 354 g/mol. The second kappa shape index (κ2) is 7.49. The van der Waals surface area contributed by atoms with Gasteiger partial charge in [-0.1, -0.05) is 11.6 Å². The first-order chi connectivity index (χ1) is 11.3. The highest BCUT2D eigenvalue weighted by atomic mass is 35.5. The fourth-order valence-electron chi connectivity index (χ4n) is 2.08. The third-order valence-electron chi connectivity index (χ3n) is 3.43. The number of benzene rings is 2. The van der Waals surface area contributed by atoms with Gasteiger partial charge in [0.05, 0.1) is 18.5 Å². The maximum absolute atomic E-state index is 13.6. The number of carbonyl (C=O) groups is 1. The van der Waals surface area contributed by atoms with Crippen molar-refractivity contribution in [1.29, 1.82) is 0 Å². The molecule has 7 heteroatoms. The molecule has 0 saturated heterocycles. The third kappa shape index (κ3) is 4.14. The summed E-state index contributed by atoms with van der Waals surface area (Å²) in [6.45, 7) is 3.41. The van der Waals surface area contributed by atoms with Crippen LogP contribution in [-0.2, 0) is 4.79 Å². The Labute approximate surface area is 143 Å². The standard InChI is InChI=1S/C17H17ClF2N2O2/c1-9-6-15(16(24-3)8-12(9)18)21-10(2)17(23)22-14-7-11(19)4-5-13(14)20/h4-8,10,21H,1-3H3,(H,22,23). The Balaban J connectivity index is 2.14. The van der Waals surface area contributed by atoms with Crippen molar-refractivity contribution in [3.8, 4) is 5.75 Å². The van der Waals surface area contributed by atoms with Crippen molar-refractivity contribution >= 4 is 28.9 Å². The van der Waals surface area contributed by atoms with Crippen LogP contribution in [0.3, 0.4) is 0 Å². The average molecular weight is 355 g/mol. The molecule has 2 rings (SSSR count).